The number of methoxy groups -OCH3 is 1. The second kappa shape index (κ2) is 6.64. The number of anilines is 1. The highest BCUT2D eigenvalue weighted by Gasteiger charge is 2.20. The molecule has 1 aliphatic rings. The van der Waals surface area contributed by atoms with Crippen LogP contribution in [0, 0.1) is 6.92 Å². The molecule has 0 radical (unpaired) electrons. The molecule has 0 saturated heterocycles. The summed E-state index contributed by atoms with van der Waals surface area (Å²) in [6.07, 6.45) is 0. The van der Waals surface area contributed by atoms with Crippen molar-refractivity contribution >= 4 is 21.7 Å². The van der Waals surface area contributed by atoms with E-state index in [2.05, 4.69) is 9.46 Å². The van der Waals surface area contributed by atoms with Crippen LogP contribution in [0.15, 0.2) is 41.3 Å². The number of carbonyl (C=O) groups is 1. The topological polar surface area (TPSA) is 90.9 Å². The third-order valence-corrected chi connectivity index (χ3v) is 5.08. The van der Waals surface area contributed by atoms with Crippen LogP contribution in [0.5, 0.6) is 11.5 Å². The van der Waals surface area contributed by atoms with E-state index in [4.69, 9.17) is 9.47 Å². The Labute approximate surface area is 145 Å². The standard InChI is InChI=1S/C17H17NO6S/c1-11-9-12(17(19)22-2)3-5-14(11)18-25(20,21)13-4-6-15-16(10-13)24-8-7-23-15/h3-6,9-10,18H,7-8H2,1-2H3. The first-order chi connectivity index (χ1) is 11.9. The van der Waals surface area contributed by atoms with Crippen molar-refractivity contribution in [3.63, 3.8) is 0 Å². The summed E-state index contributed by atoms with van der Waals surface area (Å²) in [7, 11) is -2.52. The van der Waals surface area contributed by atoms with Crippen molar-refractivity contribution in [2.75, 3.05) is 25.0 Å². The Bertz CT molecular complexity index is 923. The van der Waals surface area contributed by atoms with Gasteiger partial charge in [0.2, 0.25) is 0 Å². The van der Waals surface area contributed by atoms with Crippen molar-refractivity contribution in [3.8, 4) is 11.5 Å². The highest BCUT2D eigenvalue weighted by Crippen LogP contribution is 2.33. The quantitative estimate of drug-likeness (QED) is 0.839. The van der Waals surface area contributed by atoms with Crippen molar-refractivity contribution < 1.29 is 27.4 Å². The molecule has 3 rings (SSSR count). The van der Waals surface area contributed by atoms with Crippen LogP contribution in [-0.4, -0.2) is 34.7 Å². The van der Waals surface area contributed by atoms with Crippen LogP contribution in [0.1, 0.15) is 15.9 Å². The van der Waals surface area contributed by atoms with Crippen LogP contribution in [0.3, 0.4) is 0 Å². The average Bonchev–Trinajstić information content (AvgIpc) is 2.62. The van der Waals surface area contributed by atoms with Gasteiger partial charge in [0.15, 0.2) is 11.5 Å². The molecule has 2 aromatic rings. The zero-order valence-corrected chi connectivity index (χ0v) is 14.6. The third-order valence-electron chi connectivity index (χ3n) is 3.72. The molecule has 0 aliphatic carbocycles. The van der Waals surface area contributed by atoms with Crippen molar-refractivity contribution in [2.45, 2.75) is 11.8 Å². The van der Waals surface area contributed by atoms with Gasteiger partial charge in [-0.25, -0.2) is 13.2 Å². The van der Waals surface area contributed by atoms with E-state index in [-0.39, 0.29) is 4.90 Å². The molecule has 0 spiro atoms. The van der Waals surface area contributed by atoms with Gasteiger partial charge in [0, 0.05) is 6.07 Å². The smallest absolute Gasteiger partial charge is 0.337 e. The number of benzene rings is 2. The van der Waals surface area contributed by atoms with Crippen molar-refractivity contribution in [1.29, 1.82) is 0 Å². The minimum Gasteiger partial charge on any atom is -0.486 e. The number of esters is 1. The molecule has 1 N–H and O–H groups in total. The second-order valence-corrected chi connectivity index (χ2v) is 7.11. The lowest BCUT2D eigenvalue weighted by atomic mass is 10.1. The number of carbonyl (C=O) groups excluding carboxylic acids is 1. The second-order valence-electron chi connectivity index (χ2n) is 5.43. The van der Waals surface area contributed by atoms with E-state index in [1.165, 1.54) is 31.4 Å². The molecule has 0 atom stereocenters. The maximum atomic E-state index is 12.6. The van der Waals surface area contributed by atoms with Gasteiger partial charge in [-0.15, -0.1) is 0 Å². The minimum atomic E-state index is -3.81. The van der Waals surface area contributed by atoms with E-state index in [9.17, 15) is 13.2 Å². The number of sulfonamides is 1. The molecule has 0 saturated carbocycles. The lowest BCUT2D eigenvalue weighted by Gasteiger charge is -2.19. The highest BCUT2D eigenvalue weighted by molar-refractivity contribution is 7.92. The summed E-state index contributed by atoms with van der Waals surface area (Å²) >= 11 is 0. The maximum absolute atomic E-state index is 12.6. The fourth-order valence-electron chi connectivity index (χ4n) is 2.42. The Hall–Kier alpha value is -2.74. The summed E-state index contributed by atoms with van der Waals surface area (Å²) in [5, 5.41) is 0. The van der Waals surface area contributed by atoms with Gasteiger partial charge in [0.25, 0.3) is 10.0 Å². The van der Waals surface area contributed by atoms with E-state index < -0.39 is 16.0 Å². The van der Waals surface area contributed by atoms with Crippen molar-refractivity contribution in [3.05, 3.63) is 47.5 Å². The van der Waals surface area contributed by atoms with Crippen LogP contribution in [-0.2, 0) is 14.8 Å². The van der Waals surface area contributed by atoms with Gasteiger partial charge >= 0.3 is 5.97 Å². The van der Waals surface area contributed by atoms with Crippen LogP contribution >= 0.6 is 0 Å². The van der Waals surface area contributed by atoms with E-state index in [1.54, 1.807) is 19.1 Å². The molecule has 1 heterocycles. The summed E-state index contributed by atoms with van der Waals surface area (Å²) in [4.78, 5) is 11.6. The average molecular weight is 363 g/mol. The first-order valence-electron chi connectivity index (χ1n) is 7.52. The summed E-state index contributed by atoms with van der Waals surface area (Å²) in [6, 6.07) is 9.03. The van der Waals surface area contributed by atoms with Crippen LogP contribution in [0.4, 0.5) is 5.69 Å². The van der Waals surface area contributed by atoms with Gasteiger partial charge in [-0.3, -0.25) is 4.72 Å². The Morgan fingerprint density at radius 3 is 2.48 bits per heavy atom. The molecular formula is C17H17NO6S. The summed E-state index contributed by atoms with van der Waals surface area (Å²) in [5.74, 6) is 0.431. The fraction of sp³-hybridized carbons (Fsp3) is 0.235. The summed E-state index contributed by atoms with van der Waals surface area (Å²) in [6.45, 7) is 2.51. The van der Waals surface area contributed by atoms with Gasteiger partial charge in [0.1, 0.15) is 13.2 Å². The SMILES string of the molecule is COC(=O)c1ccc(NS(=O)(=O)c2ccc3c(c2)OCCO3)c(C)c1. The van der Waals surface area contributed by atoms with E-state index >= 15 is 0 Å². The molecule has 25 heavy (non-hydrogen) atoms. The molecule has 8 heteroatoms. The van der Waals surface area contributed by atoms with Gasteiger partial charge < -0.3 is 14.2 Å². The number of nitrogens with one attached hydrogen (secondary N) is 1. The Morgan fingerprint density at radius 1 is 1.08 bits per heavy atom. The van der Waals surface area contributed by atoms with Gasteiger partial charge in [-0.2, -0.15) is 0 Å². The molecule has 132 valence electrons. The normalized spacial score (nSPS) is 13.2. The Morgan fingerprint density at radius 2 is 1.80 bits per heavy atom. The van der Waals surface area contributed by atoms with E-state index in [0.717, 1.165) is 0 Å². The largest absolute Gasteiger partial charge is 0.486 e. The van der Waals surface area contributed by atoms with Crippen LogP contribution in [0.2, 0.25) is 0 Å². The first-order valence-corrected chi connectivity index (χ1v) is 9.00. The monoisotopic (exact) mass is 363 g/mol. The number of hydrogen-bond acceptors (Lipinski definition) is 6. The molecule has 0 aromatic heterocycles. The minimum absolute atomic E-state index is 0.0631. The number of ether oxygens (including phenoxy) is 3. The highest BCUT2D eigenvalue weighted by atomic mass is 32.2. The fourth-order valence-corrected chi connectivity index (χ4v) is 3.56. The van der Waals surface area contributed by atoms with Crippen LogP contribution < -0.4 is 14.2 Å². The van der Waals surface area contributed by atoms with E-state index in [1.807, 2.05) is 0 Å². The summed E-state index contributed by atoms with van der Waals surface area (Å²) < 4.78 is 43.2. The summed E-state index contributed by atoms with van der Waals surface area (Å²) in [5.41, 5.74) is 1.33. The molecule has 0 bridgehead atoms. The number of rotatable bonds is 4. The van der Waals surface area contributed by atoms with E-state index in [0.29, 0.717) is 41.5 Å². The lowest BCUT2D eigenvalue weighted by Crippen LogP contribution is -2.17. The van der Waals surface area contributed by atoms with Crippen molar-refractivity contribution in [2.24, 2.45) is 0 Å². The van der Waals surface area contributed by atoms with Gasteiger partial charge in [0.05, 0.1) is 23.3 Å². The Balaban J connectivity index is 1.88. The Kier molecular flexibility index (Phi) is 4.54. The van der Waals surface area contributed by atoms with Gasteiger partial charge in [-0.05, 0) is 42.8 Å². The molecule has 2 aromatic carbocycles. The predicted molar refractivity (Wildman–Crippen MR) is 90.8 cm³/mol. The zero-order chi connectivity index (χ0) is 18.0. The number of hydrogen-bond donors (Lipinski definition) is 1. The molecular weight excluding hydrogens is 346 g/mol. The molecule has 0 amide bonds. The molecule has 1 aliphatic heterocycles. The molecule has 0 unspecified atom stereocenters. The maximum Gasteiger partial charge on any atom is 0.337 e. The molecule has 7 nitrogen and oxygen atoms in total. The third kappa shape index (κ3) is 3.53. The van der Waals surface area contributed by atoms with Crippen LogP contribution in [0.25, 0.3) is 0 Å². The van der Waals surface area contributed by atoms with Gasteiger partial charge in [-0.1, -0.05) is 0 Å². The van der Waals surface area contributed by atoms with Crippen molar-refractivity contribution in [1.82, 2.24) is 0 Å². The molecule has 0 fully saturated rings. The first kappa shape index (κ1) is 17.1. The number of fused-ring (bicyclic) bond motifs is 1. The number of aryl methyl sites for hydroxylation is 1. The zero-order valence-electron chi connectivity index (χ0n) is 13.7. The predicted octanol–water partition coefficient (Wildman–Crippen LogP) is 2.35. The lowest BCUT2D eigenvalue weighted by molar-refractivity contribution is 0.0600.